The van der Waals surface area contributed by atoms with E-state index < -0.39 is 6.10 Å². The van der Waals surface area contributed by atoms with Crippen LogP contribution in [0.25, 0.3) is 0 Å². The smallest absolute Gasteiger partial charge is 0 e. The number of esters is 1. The van der Waals surface area contributed by atoms with Crippen LogP contribution in [0.5, 0.6) is 0 Å². The quantitative estimate of drug-likeness (QED) is 0.141. The third-order valence-electron chi connectivity index (χ3n) is 4.44. The van der Waals surface area contributed by atoms with Crippen LogP contribution in [-0.4, -0.2) is 47.2 Å². The van der Waals surface area contributed by atoms with Crippen molar-refractivity contribution in [2.45, 2.75) is 109 Å². The van der Waals surface area contributed by atoms with Crippen LogP contribution in [0.15, 0.2) is 0 Å². The molecule has 0 bridgehead atoms. The Morgan fingerprint density at radius 3 is 1.74 bits per heavy atom. The number of aliphatic hydroxyl groups excluding tert-OH is 2. The average molecular weight is 543 g/mol. The molecule has 0 saturated carbocycles. The van der Waals surface area contributed by atoms with Gasteiger partial charge in [-0.25, -0.2) is 0 Å². The molecular weight excluding hydrogens is 507 g/mol. The molecule has 4 unspecified atom stereocenters. The normalized spacial score (nSPS) is 18.8. The van der Waals surface area contributed by atoms with Gasteiger partial charge < -0.3 is 19.7 Å². The molecule has 35 heavy (non-hydrogen) atoms. The average Bonchev–Trinajstić information content (AvgIpc) is 3.70. The minimum absolute atomic E-state index is 0. The fourth-order valence-electron chi connectivity index (χ4n) is 2.92. The van der Waals surface area contributed by atoms with Crippen LogP contribution in [-0.2, 0) is 54.3 Å². The van der Waals surface area contributed by atoms with Crippen LogP contribution in [0.2, 0.25) is 0 Å². The Morgan fingerprint density at radius 1 is 0.886 bits per heavy atom. The second-order valence-corrected chi connectivity index (χ2v) is 7.04. The summed E-state index contributed by atoms with van der Waals surface area (Å²) in [6.45, 7) is 27.7. The number of hydrogen-bond acceptors (Lipinski definition) is 5. The van der Waals surface area contributed by atoms with Gasteiger partial charge in [0.2, 0.25) is 0 Å². The van der Waals surface area contributed by atoms with Gasteiger partial charge in [0.05, 0.1) is 31.3 Å². The number of hydrogen-bond donors (Lipinski definition) is 2. The van der Waals surface area contributed by atoms with E-state index in [-0.39, 0.29) is 41.4 Å². The molecule has 0 spiro atoms. The first kappa shape index (κ1) is 46.8. The van der Waals surface area contributed by atoms with Crippen LogP contribution in [0.1, 0.15) is 84.5 Å². The third kappa shape index (κ3) is 40.0. The largest absolute Gasteiger partial charge is 0 e. The standard InChI is InChI=1S/C10H18O3.C9H18O2.5CO.Co/c1-2-3-4-5-9-6-8(11)7-10(12)13-9;1-2-3-4-5-8(10)6-9-7-11-9;5*1-2;/h8-9,11H,2-7H2,1H3;8-10H,2-7H2,1H3;;;;;;. The fraction of sp³-hybridized carbons (Fsp3) is 0.750. The summed E-state index contributed by atoms with van der Waals surface area (Å²) >= 11 is 0. The summed E-state index contributed by atoms with van der Waals surface area (Å²) in [6.07, 6.45) is 10.3. The summed E-state index contributed by atoms with van der Waals surface area (Å²) in [7, 11) is 0. The molecular formula is C24H36CoO10. The van der Waals surface area contributed by atoms with Gasteiger partial charge in [-0.2, -0.15) is 0 Å². The van der Waals surface area contributed by atoms with E-state index in [0.29, 0.717) is 12.5 Å². The van der Waals surface area contributed by atoms with Gasteiger partial charge in [-0.05, 0) is 19.3 Å². The van der Waals surface area contributed by atoms with Crippen molar-refractivity contribution in [2.24, 2.45) is 0 Å². The van der Waals surface area contributed by atoms with Crippen molar-refractivity contribution < 1.29 is 64.5 Å². The predicted octanol–water partition coefficient (Wildman–Crippen LogP) is 3.16. The van der Waals surface area contributed by atoms with E-state index in [0.717, 1.165) is 38.7 Å². The van der Waals surface area contributed by atoms with Crippen molar-refractivity contribution in [3.05, 3.63) is 33.3 Å². The minimum Gasteiger partial charge on any atom is 0 e. The summed E-state index contributed by atoms with van der Waals surface area (Å²) in [6, 6.07) is 0. The summed E-state index contributed by atoms with van der Waals surface area (Å²) in [5.74, 6) is -0.250. The summed E-state index contributed by atoms with van der Waals surface area (Å²) < 4.78 is 47.6. The molecule has 4 atom stereocenters. The molecule has 201 valence electrons. The van der Waals surface area contributed by atoms with Gasteiger partial charge in [0.25, 0.3) is 0 Å². The minimum atomic E-state index is -0.479. The molecule has 10 nitrogen and oxygen atoms in total. The van der Waals surface area contributed by atoms with Gasteiger partial charge in [-0.3, -0.25) is 4.79 Å². The maximum Gasteiger partial charge on any atom is 0 e. The zero-order valence-corrected chi connectivity index (χ0v) is 21.3. The van der Waals surface area contributed by atoms with Gasteiger partial charge in [0.1, 0.15) is 6.10 Å². The molecule has 2 rings (SSSR count). The van der Waals surface area contributed by atoms with Gasteiger partial charge in [-0.15, -0.1) is 0 Å². The number of epoxide rings is 1. The van der Waals surface area contributed by atoms with Crippen molar-refractivity contribution in [3.63, 3.8) is 0 Å². The molecule has 0 amide bonds. The topological polar surface area (TPSA) is 179 Å². The Hall–Kier alpha value is -1.44. The van der Waals surface area contributed by atoms with Gasteiger partial charge in [0, 0.05) is 29.6 Å². The van der Waals surface area contributed by atoms with Crippen molar-refractivity contribution in [3.8, 4) is 0 Å². The van der Waals surface area contributed by atoms with Crippen LogP contribution in [0.3, 0.4) is 0 Å². The van der Waals surface area contributed by atoms with Crippen LogP contribution in [0.4, 0.5) is 0 Å². The van der Waals surface area contributed by atoms with E-state index in [2.05, 4.69) is 47.1 Å². The first-order valence-corrected chi connectivity index (χ1v) is 10.7. The van der Waals surface area contributed by atoms with Crippen molar-refractivity contribution in [1.82, 2.24) is 0 Å². The Kier molecular flexibility index (Phi) is 57.1. The molecule has 2 N–H and O–H groups in total. The molecule has 2 aliphatic rings. The Morgan fingerprint density at radius 2 is 1.34 bits per heavy atom. The van der Waals surface area contributed by atoms with Crippen molar-refractivity contribution in [1.29, 1.82) is 0 Å². The van der Waals surface area contributed by atoms with E-state index in [1.807, 2.05) is 0 Å². The second-order valence-electron chi connectivity index (χ2n) is 7.04. The molecule has 2 aliphatic heterocycles. The number of aliphatic hydroxyl groups is 2. The third-order valence-corrected chi connectivity index (χ3v) is 4.44. The Bertz CT molecular complexity index is 492. The van der Waals surface area contributed by atoms with Gasteiger partial charge in [-0.1, -0.05) is 46.0 Å². The van der Waals surface area contributed by atoms with Crippen LogP contribution >= 0.6 is 0 Å². The van der Waals surface area contributed by atoms with Crippen molar-refractivity contribution >= 4 is 5.97 Å². The molecule has 2 heterocycles. The summed E-state index contributed by atoms with van der Waals surface area (Å²) in [4.78, 5) is 10.9. The van der Waals surface area contributed by atoms with E-state index in [1.165, 1.54) is 25.7 Å². The molecule has 11 heteroatoms. The van der Waals surface area contributed by atoms with Crippen LogP contribution < -0.4 is 0 Å². The Labute approximate surface area is 219 Å². The SMILES string of the molecule is CCCCCC(O)CC1CO1.CCCCCC1CC(O)CC(=O)O1.[C-]#[O+].[C-]#[O+].[C-]#[O+].[C-]#[O+].[C-]#[O+].[Co]. The van der Waals surface area contributed by atoms with E-state index in [1.54, 1.807) is 0 Å². The first-order valence-electron chi connectivity index (χ1n) is 10.7. The zero-order valence-electron chi connectivity index (χ0n) is 20.3. The Balaban J connectivity index is -0.0000000871. The maximum absolute atomic E-state index is 10.9. The molecule has 0 aliphatic carbocycles. The molecule has 0 aromatic heterocycles. The van der Waals surface area contributed by atoms with Gasteiger partial charge in [0.15, 0.2) is 0 Å². The number of ether oxygens (including phenoxy) is 2. The summed E-state index contributed by atoms with van der Waals surface area (Å²) in [5, 5.41) is 18.7. The van der Waals surface area contributed by atoms with E-state index >= 15 is 0 Å². The monoisotopic (exact) mass is 543 g/mol. The van der Waals surface area contributed by atoms with E-state index in [9.17, 15) is 15.0 Å². The maximum atomic E-state index is 10.9. The predicted molar refractivity (Wildman–Crippen MR) is 113 cm³/mol. The molecule has 1 radical (unpaired) electrons. The molecule has 2 fully saturated rings. The number of cyclic esters (lactones) is 1. The number of carbonyl (C=O) groups excluding carboxylic acids is 1. The number of carbonyl (C=O) groups is 1. The first-order chi connectivity index (χ1) is 16.5. The second kappa shape index (κ2) is 42.7. The number of rotatable bonds is 10. The van der Waals surface area contributed by atoms with E-state index in [4.69, 9.17) is 32.7 Å². The zero-order chi connectivity index (χ0) is 27.8. The molecule has 0 aromatic rings. The number of unbranched alkanes of at least 4 members (excludes halogenated alkanes) is 4. The molecule has 0 aromatic carbocycles. The summed E-state index contributed by atoms with van der Waals surface area (Å²) in [5.41, 5.74) is 0. The fourth-order valence-corrected chi connectivity index (χ4v) is 2.92. The van der Waals surface area contributed by atoms with Gasteiger partial charge >= 0.3 is 62.5 Å². The van der Waals surface area contributed by atoms with Crippen LogP contribution in [0, 0.1) is 33.3 Å². The molecule has 2 saturated heterocycles. The van der Waals surface area contributed by atoms with Crippen molar-refractivity contribution in [2.75, 3.05) is 6.61 Å².